The molecule has 24 heavy (non-hydrogen) atoms. The summed E-state index contributed by atoms with van der Waals surface area (Å²) in [5.74, 6) is 0.820. The van der Waals surface area contributed by atoms with Crippen molar-refractivity contribution >= 4 is 28.0 Å². The highest BCUT2D eigenvalue weighted by Gasteiger charge is 2.35. The summed E-state index contributed by atoms with van der Waals surface area (Å²) < 4.78 is 42.6. The lowest BCUT2D eigenvalue weighted by molar-refractivity contribution is -0.140. The highest BCUT2D eigenvalue weighted by molar-refractivity contribution is 7.10. The van der Waals surface area contributed by atoms with Crippen LogP contribution in [0.2, 0.25) is 0 Å². The number of hydrogen-bond donors (Lipinski definition) is 0. The molecule has 2 aromatic heterocycles. The monoisotopic (exact) mass is 376 g/mol. The number of alkyl halides is 3. The summed E-state index contributed by atoms with van der Waals surface area (Å²) in [6.07, 6.45) is -2.60. The van der Waals surface area contributed by atoms with Gasteiger partial charge in [-0.2, -0.15) is 17.5 Å². The molecular weight excluding hydrogens is 357 g/mol. The van der Waals surface area contributed by atoms with Crippen LogP contribution in [0.4, 0.5) is 18.3 Å². The fourth-order valence-corrected chi connectivity index (χ4v) is 4.45. The number of anilines is 1. The second kappa shape index (κ2) is 6.25. The van der Waals surface area contributed by atoms with E-state index in [0.717, 1.165) is 47.1 Å². The number of nitrogens with zero attached hydrogens (tertiary/aromatic N) is 4. The molecule has 3 heterocycles. The van der Waals surface area contributed by atoms with Crippen LogP contribution in [0.1, 0.15) is 56.1 Å². The van der Waals surface area contributed by atoms with Gasteiger partial charge in [0.05, 0.1) is 5.01 Å². The maximum atomic E-state index is 12.7. The maximum Gasteiger partial charge on any atom is 0.434 e. The Morgan fingerprint density at radius 1 is 1.21 bits per heavy atom. The van der Waals surface area contributed by atoms with Crippen molar-refractivity contribution in [3.8, 4) is 0 Å². The first-order valence-electron chi connectivity index (χ1n) is 7.76. The molecule has 1 fully saturated rings. The summed E-state index contributed by atoms with van der Waals surface area (Å²) in [6.45, 7) is 7.68. The summed E-state index contributed by atoms with van der Waals surface area (Å²) in [5, 5.41) is 2.52. The Bertz CT molecular complexity index is 644. The molecule has 0 amide bonds. The largest absolute Gasteiger partial charge is 0.434 e. The molecule has 1 aliphatic heterocycles. The molecule has 1 aliphatic rings. The second-order valence-electron chi connectivity index (χ2n) is 7.00. The quantitative estimate of drug-likeness (QED) is 0.762. The first kappa shape index (κ1) is 17.6. The second-order valence-corrected chi connectivity index (χ2v) is 8.62. The standard InChI is InChI=1S/C15H19F3N4S2/c1-14(2,3)12-20-13(24-21-12)22-6-4-5-9(7-22)11-19-10(8-23-11)15(16,17)18/h8-9H,4-7H2,1-3H3. The number of piperidine rings is 1. The number of rotatable bonds is 2. The molecule has 9 heteroatoms. The summed E-state index contributed by atoms with van der Waals surface area (Å²) in [7, 11) is 0. The number of aromatic nitrogens is 3. The Balaban J connectivity index is 1.75. The lowest BCUT2D eigenvalue weighted by Gasteiger charge is -2.31. The third-order valence-corrected chi connectivity index (χ3v) is 5.72. The molecule has 0 N–H and O–H groups in total. The molecule has 0 saturated carbocycles. The molecule has 4 nitrogen and oxygen atoms in total. The average Bonchev–Trinajstić information content (AvgIpc) is 3.16. The van der Waals surface area contributed by atoms with Gasteiger partial charge in [0.25, 0.3) is 0 Å². The summed E-state index contributed by atoms with van der Waals surface area (Å²) in [5.41, 5.74) is -0.897. The zero-order chi connectivity index (χ0) is 17.5. The highest BCUT2D eigenvalue weighted by Crippen LogP contribution is 2.36. The van der Waals surface area contributed by atoms with E-state index < -0.39 is 11.9 Å². The zero-order valence-electron chi connectivity index (χ0n) is 13.7. The molecule has 132 valence electrons. The van der Waals surface area contributed by atoms with Gasteiger partial charge < -0.3 is 4.90 Å². The van der Waals surface area contributed by atoms with E-state index in [2.05, 4.69) is 40.0 Å². The van der Waals surface area contributed by atoms with Crippen LogP contribution in [-0.4, -0.2) is 27.4 Å². The Morgan fingerprint density at radius 2 is 1.96 bits per heavy atom. The van der Waals surface area contributed by atoms with Crippen molar-refractivity contribution in [3.63, 3.8) is 0 Å². The molecule has 0 radical (unpaired) electrons. The van der Waals surface area contributed by atoms with Gasteiger partial charge in [0, 0.05) is 41.3 Å². The molecule has 0 spiro atoms. The summed E-state index contributed by atoms with van der Waals surface area (Å²) >= 11 is 2.46. The third kappa shape index (κ3) is 3.72. The van der Waals surface area contributed by atoms with Crippen molar-refractivity contribution < 1.29 is 13.2 Å². The minimum atomic E-state index is -4.37. The van der Waals surface area contributed by atoms with Crippen LogP contribution in [0.15, 0.2) is 5.38 Å². The fraction of sp³-hybridized carbons (Fsp3) is 0.667. The third-order valence-electron chi connectivity index (χ3n) is 3.94. The molecule has 0 bridgehead atoms. The van der Waals surface area contributed by atoms with Crippen molar-refractivity contribution in [3.05, 3.63) is 21.9 Å². The smallest absolute Gasteiger partial charge is 0.346 e. The predicted molar refractivity (Wildman–Crippen MR) is 89.9 cm³/mol. The van der Waals surface area contributed by atoms with Crippen LogP contribution in [0.3, 0.4) is 0 Å². The normalized spacial score (nSPS) is 19.8. The van der Waals surface area contributed by atoms with Gasteiger partial charge in [0.15, 0.2) is 5.69 Å². The minimum absolute atomic E-state index is 0.0156. The Labute approximate surface area is 146 Å². The van der Waals surface area contributed by atoms with Gasteiger partial charge in [-0.25, -0.2) is 9.97 Å². The van der Waals surface area contributed by atoms with Gasteiger partial charge >= 0.3 is 6.18 Å². The van der Waals surface area contributed by atoms with Crippen molar-refractivity contribution in [2.24, 2.45) is 0 Å². The minimum Gasteiger partial charge on any atom is -0.346 e. The van der Waals surface area contributed by atoms with Crippen LogP contribution in [0, 0.1) is 0 Å². The zero-order valence-corrected chi connectivity index (χ0v) is 15.4. The van der Waals surface area contributed by atoms with Crippen LogP contribution >= 0.6 is 22.9 Å². The van der Waals surface area contributed by atoms with Crippen molar-refractivity contribution in [1.82, 2.24) is 14.3 Å². The first-order chi connectivity index (χ1) is 11.1. The molecule has 1 unspecified atom stereocenters. The van der Waals surface area contributed by atoms with Crippen molar-refractivity contribution in [2.45, 2.75) is 51.1 Å². The van der Waals surface area contributed by atoms with Crippen LogP contribution < -0.4 is 4.90 Å². The molecule has 2 aromatic rings. The lowest BCUT2D eigenvalue weighted by atomic mass is 9.96. The van der Waals surface area contributed by atoms with E-state index in [1.54, 1.807) is 0 Å². The Hall–Kier alpha value is -1.22. The van der Waals surface area contributed by atoms with Crippen LogP contribution in [-0.2, 0) is 11.6 Å². The van der Waals surface area contributed by atoms with E-state index in [0.29, 0.717) is 11.6 Å². The van der Waals surface area contributed by atoms with Gasteiger partial charge in [-0.05, 0) is 12.8 Å². The van der Waals surface area contributed by atoms with Gasteiger partial charge in [0.1, 0.15) is 5.82 Å². The SMILES string of the molecule is CC(C)(C)c1nsc(N2CCCC(c3nc(C(F)(F)F)cs3)C2)n1. The van der Waals surface area contributed by atoms with E-state index in [4.69, 9.17) is 0 Å². The Kier molecular flexibility index (Phi) is 4.59. The van der Waals surface area contributed by atoms with Gasteiger partial charge in [0.2, 0.25) is 5.13 Å². The number of thiazole rings is 1. The van der Waals surface area contributed by atoms with Crippen molar-refractivity contribution in [2.75, 3.05) is 18.0 Å². The first-order valence-corrected chi connectivity index (χ1v) is 9.41. The molecular formula is C15H19F3N4S2. The molecule has 0 aromatic carbocycles. The van der Waals surface area contributed by atoms with E-state index in [1.165, 1.54) is 11.5 Å². The Morgan fingerprint density at radius 3 is 2.54 bits per heavy atom. The molecule has 0 aliphatic carbocycles. The predicted octanol–water partition coefficient (Wildman–Crippen LogP) is 4.69. The van der Waals surface area contributed by atoms with E-state index in [1.807, 2.05) is 0 Å². The number of hydrogen-bond acceptors (Lipinski definition) is 6. The van der Waals surface area contributed by atoms with Gasteiger partial charge in [-0.1, -0.05) is 20.8 Å². The average molecular weight is 376 g/mol. The van der Waals surface area contributed by atoms with E-state index >= 15 is 0 Å². The van der Waals surface area contributed by atoms with E-state index in [9.17, 15) is 13.2 Å². The van der Waals surface area contributed by atoms with Crippen molar-refractivity contribution in [1.29, 1.82) is 0 Å². The van der Waals surface area contributed by atoms with Crippen LogP contribution in [0.5, 0.6) is 0 Å². The van der Waals surface area contributed by atoms with Gasteiger partial charge in [-0.15, -0.1) is 11.3 Å². The van der Waals surface area contributed by atoms with Gasteiger partial charge in [-0.3, -0.25) is 0 Å². The van der Waals surface area contributed by atoms with Crippen LogP contribution in [0.25, 0.3) is 0 Å². The number of halogens is 3. The van der Waals surface area contributed by atoms with E-state index in [-0.39, 0.29) is 11.3 Å². The molecule has 3 rings (SSSR count). The molecule has 1 atom stereocenters. The topological polar surface area (TPSA) is 41.9 Å². The summed E-state index contributed by atoms with van der Waals surface area (Å²) in [4.78, 5) is 10.5. The molecule has 1 saturated heterocycles. The highest BCUT2D eigenvalue weighted by atomic mass is 32.1. The summed E-state index contributed by atoms with van der Waals surface area (Å²) in [6, 6.07) is 0. The lowest BCUT2D eigenvalue weighted by Crippen LogP contribution is -2.34. The fourth-order valence-electron chi connectivity index (χ4n) is 2.61. The maximum absolute atomic E-state index is 12.7.